The number of anilines is 3. The maximum atomic E-state index is 12.2. The fourth-order valence-electron chi connectivity index (χ4n) is 3.27. The standard InChI is InChI=1S/C17H19BrN6O5/c1-10-8-22(17(26)27)5-6-23(10)12-4-3-11(7-13(12)24(28)29)19-15-16(25)21(2)9-14(18)20-15/h3-4,7,9-10H,5-6,8H2,1-2H3,(H,19,20)(H,26,27). The van der Waals surface area contributed by atoms with Crippen molar-refractivity contribution in [3.63, 3.8) is 0 Å². The van der Waals surface area contributed by atoms with Crippen molar-refractivity contribution in [2.45, 2.75) is 13.0 Å². The van der Waals surface area contributed by atoms with Gasteiger partial charge in [0.2, 0.25) is 0 Å². The van der Waals surface area contributed by atoms with E-state index in [0.717, 1.165) is 0 Å². The monoisotopic (exact) mass is 466 g/mol. The van der Waals surface area contributed by atoms with E-state index < -0.39 is 11.0 Å². The molecule has 11 nitrogen and oxygen atoms in total. The van der Waals surface area contributed by atoms with E-state index in [1.54, 1.807) is 19.2 Å². The summed E-state index contributed by atoms with van der Waals surface area (Å²) >= 11 is 3.21. The quantitative estimate of drug-likeness (QED) is 0.517. The number of nitro benzene ring substituents is 1. The van der Waals surface area contributed by atoms with Crippen LogP contribution in [0.5, 0.6) is 0 Å². The number of amides is 1. The van der Waals surface area contributed by atoms with Gasteiger partial charge in [0.05, 0.1) is 4.92 Å². The van der Waals surface area contributed by atoms with E-state index in [9.17, 15) is 19.7 Å². The molecule has 1 unspecified atom stereocenters. The van der Waals surface area contributed by atoms with Crippen LogP contribution in [0, 0.1) is 10.1 Å². The highest BCUT2D eigenvalue weighted by atomic mass is 79.9. The number of carbonyl (C=O) groups is 1. The van der Waals surface area contributed by atoms with Crippen molar-refractivity contribution in [1.29, 1.82) is 0 Å². The molecule has 2 aromatic rings. The molecule has 1 saturated heterocycles. The molecule has 0 spiro atoms. The summed E-state index contributed by atoms with van der Waals surface area (Å²) < 4.78 is 1.78. The van der Waals surface area contributed by atoms with Crippen molar-refractivity contribution in [1.82, 2.24) is 14.5 Å². The summed E-state index contributed by atoms with van der Waals surface area (Å²) in [6.45, 7) is 2.67. The maximum absolute atomic E-state index is 12.2. The zero-order chi connectivity index (χ0) is 21.3. The van der Waals surface area contributed by atoms with Gasteiger partial charge >= 0.3 is 6.09 Å². The lowest BCUT2D eigenvalue weighted by Crippen LogP contribution is -2.53. The van der Waals surface area contributed by atoms with E-state index >= 15 is 0 Å². The van der Waals surface area contributed by atoms with Gasteiger partial charge < -0.3 is 24.8 Å². The molecule has 1 fully saturated rings. The lowest BCUT2D eigenvalue weighted by atomic mass is 10.1. The van der Waals surface area contributed by atoms with Crippen LogP contribution in [0.15, 0.2) is 33.8 Å². The van der Waals surface area contributed by atoms with Crippen molar-refractivity contribution in [3.05, 3.63) is 49.5 Å². The molecule has 1 amide bonds. The fourth-order valence-corrected chi connectivity index (χ4v) is 3.75. The van der Waals surface area contributed by atoms with Crippen LogP contribution in [0.25, 0.3) is 0 Å². The van der Waals surface area contributed by atoms with E-state index in [2.05, 4.69) is 26.2 Å². The summed E-state index contributed by atoms with van der Waals surface area (Å²) in [5.74, 6) is 0.0346. The lowest BCUT2D eigenvalue weighted by Gasteiger charge is -2.39. The van der Waals surface area contributed by atoms with Gasteiger partial charge in [0, 0.05) is 50.7 Å². The molecule has 154 valence electrons. The zero-order valence-corrected chi connectivity index (χ0v) is 17.3. The first-order valence-corrected chi connectivity index (χ1v) is 9.50. The normalized spacial score (nSPS) is 16.6. The van der Waals surface area contributed by atoms with Crippen LogP contribution in [0.4, 0.5) is 27.7 Å². The molecule has 1 aromatic heterocycles. The molecule has 1 aromatic carbocycles. The Bertz CT molecular complexity index is 1030. The molecular formula is C17H19BrN6O5. The zero-order valence-electron chi connectivity index (χ0n) is 15.7. The molecule has 2 heterocycles. The van der Waals surface area contributed by atoms with Gasteiger partial charge in [0.1, 0.15) is 10.3 Å². The largest absolute Gasteiger partial charge is 0.465 e. The Morgan fingerprint density at radius 3 is 2.76 bits per heavy atom. The topological polar surface area (TPSA) is 134 Å². The number of hydrogen-bond donors (Lipinski definition) is 2. The minimum atomic E-state index is -1.01. The molecular weight excluding hydrogens is 448 g/mol. The molecule has 1 aliphatic heterocycles. The van der Waals surface area contributed by atoms with Gasteiger partial charge in [0.15, 0.2) is 5.82 Å². The van der Waals surface area contributed by atoms with Gasteiger partial charge in [-0.3, -0.25) is 14.9 Å². The smallest absolute Gasteiger partial charge is 0.407 e. The molecule has 12 heteroatoms. The van der Waals surface area contributed by atoms with Crippen molar-refractivity contribution < 1.29 is 14.8 Å². The molecule has 2 N–H and O–H groups in total. The number of rotatable bonds is 4. The van der Waals surface area contributed by atoms with Crippen LogP contribution in [0.3, 0.4) is 0 Å². The minimum Gasteiger partial charge on any atom is -0.465 e. The second-order valence-corrected chi connectivity index (χ2v) is 7.50. The first kappa shape index (κ1) is 20.6. The Morgan fingerprint density at radius 1 is 1.41 bits per heavy atom. The van der Waals surface area contributed by atoms with E-state index in [1.165, 1.54) is 21.7 Å². The van der Waals surface area contributed by atoms with Crippen LogP contribution >= 0.6 is 15.9 Å². The van der Waals surface area contributed by atoms with Gasteiger partial charge in [-0.05, 0) is 35.0 Å². The SMILES string of the molecule is CC1CN(C(=O)O)CCN1c1ccc(Nc2nc(Br)cn(C)c2=O)cc1[N+](=O)[O-]. The number of carboxylic acid groups (broad SMARTS) is 1. The number of nitrogens with zero attached hydrogens (tertiary/aromatic N) is 5. The third kappa shape index (κ3) is 4.31. The summed E-state index contributed by atoms with van der Waals surface area (Å²) in [5, 5.41) is 23.7. The molecule has 0 saturated carbocycles. The highest BCUT2D eigenvalue weighted by molar-refractivity contribution is 9.10. The third-order valence-electron chi connectivity index (χ3n) is 4.68. The number of benzene rings is 1. The van der Waals surface area contributed by atoms with E-state index in [1.807, 2.05) is 11.8 Å². The molecule has 0 radical (unpaired) electrons. The number of aromatic nitrogens is 2. The maximum Gasteiger partial charge on any atom is 0.407 e. The van der Waals surface area contributed by atoms with Crippen LogP contribution in [-0.4, -0.2) is 56.3 Å². The molecule has 0 aliphatic carbocycles. The molecule has 1 atom stereocenters. The van der Waals surface area contributed by atoms with Crippen LogP contribution < -0.4 is 15.8 Å². The van der Waals surface area contributed by atoms with Crippen molar-refractivity contribution in [2.75, 3.05) is 29.9 Å². The van der Waals surface area contributed by atoms with Crippen molar-refractivity contribution in [3.8, 4) is 0 Å². The Kier molecular flexibility index (Phi) is 5.73. The highest BCUT2D eigenvalue weighted by Crippen LogP contribution is 2.34. The van der Waals surface area contributed by atoms with Gasteiger partial charge in [-0.25, -0.2) is 9.78 Å². The Morgan fingerprint density at radius 2 is 2.14 bits per heavy atom. The van der Waals surface area contributed by atoms with E-state index in [-0.39, 0.29) is 36.2 Å². The number of aryl methyl sites for hydroxylation is 1. The number of nitrogens with one attached hydrogen (secondary N) is 1. The van der Waals surface area contributed by atoms with Gasteiger partial charge in [0.25, 0.3) is 11.2 Å². The number of nitro groups is 1. The van der Waals surface area contributed by atoms with Crippen LogP contribution in [-0.2, 0) is 7.05 Å². The molecule has 29 heavy (non-hydrogen) atoms. The second-order valence-electron chi connectivity index (χ2n) is 6.68. The number of piperazine rings is 1. The lowest BCUT2D eigenvalue weighted by molar-refractivity contribution is -0.384. The van der Waals surface area contributed by atoms with E-state index in [4.69, 9.17) is 5.11 Å². The predicted molar refractivity (Wildman–Crippen MR) is 110 cm³/mol. The van der Waals surface area contributed by atoms with Gasteiger partial charge in [-0.2, -0.15) is 0 Å². The molecule has 3 rings (SSSR count). The summed E-state index contributed by atoms with van der Waals surface area (Å²) in [5.41, 5.74) is 0.226. The summed E-state index contributed by atoms with van der Waals surface area (Å²) in [6, 6.07) is 4.33. The van der Waals surface area contributed by atoms with Crippen molar-refractivity contribution >= 4 is 44.9 Å². The fraction of sp³-hybridized carbons (Fsp3) is 0.353. The highest BCUT2D eigenvalue weighted by Gasteiger charge is 2.30. The third-order valence-corrected chi connectivity index (χ3v) is 5.07. The second kappa shape index (κ2) is 8.07. The Labute approximate surface area is 173 Å². The number of halogens is 1. The average Bonchev–Trinajstić information content (AvgIpc) is 2.65. The van der Waals surface area contributed by atoms with Crippen LogP contribution in [0.2, 0.25) is 0 Å². The van der Waals surface area contributed by atoms with Crippen LogP contribution in [0.1, 0.15) is 6.92 Å². The summed E-state index contributed by atoms with van der Waals surface area (Å²) in [6.07, 6.45) is 0.505. The molecule has 0 bridgehead atoms. The Balaban J connectivity index is 1.92. The molecule has 1 aliphatic rings. The first-order chi connectivity index (χ1) is 13.7. The average molecular weight is 467 g/mol. The van der Waals surface area contributed by atoms with Crippen molar-refractivity contribution in [2.24, 2.45) is 7.05 Å². The first-order valence-electron chi connectivity index (χ1n) is 8.70. The van der Waals surface area contributed by atoms with Gasteiger partial charge in [-0.1, -0.05) is 0 Å². The summed E-state index contributed by atoms with van der Waals surface area (Å²) in [7, 11) is 1.57. The Hall–Kier alpha value is -3.15. The van der Waals surface area contributed by atoms with E-state index in [0.29, 0.717) is 22.5 Å². The summed E-state index contributed by atoms with van der Waals surface area (Å²) in [4.78, 5) is 41.8. The van der Waals surface area contributed by atoms with Gasteiger partial charge in [-0.15, -0.1) is 0 Å². The minimum absolute atomic E-state index is 0.0346. The number of hydrogen-bond acceptors (Lipinski definition) is 7. The predicted octanol–water partition coefficient (Wildman–Crippen LogP) is 2.38.